The Bertz CT molecular complexity index is 232. The minimum absolute atomic E-state index is 0.0241. The highest BCUT2D eigenvalue weighted by molar-refractivity contribution is 4.66. The molecule has 18 heavy (non-hydrogen) atoms. The Morgan fingerprint density at radius 1 is 0.944 bits per heavy atom. The number of rotatable bonds is 11. The average molecular weight is 265 g/mol. The molecule has 0 aromatic carbocycles. The quantitative estimate of drug-likeness (QED) is 0.201. The minimum atomic E-state index is -0.978. The van der Waals surface area contributed by atoms with Gasteiger partial charge in [0.05, 0.1) is 45.7 Å². The summed E-state index contributed by atoms with van der Waals surface area (Å²) >= 11 is 0. The summed E-state index contributed by atoms with van der Waals surface area (Å²) in [5, 5.41) is 38.5. The third-order valence-corrected chi connectivity index (χ3v) is 1.88. The van der Waals surface area contributed by atoms with Crippen molar-refractivity contribution in [2.24, 2.45) is 5.11 Å². The van der Waals surface area contributed by atoms with Crippen molar-refractivity contribution in [1.29, 1.82) is 0 Å². The van der Waals surface area contributed by atoms with Crippen LogP contribution in [0, 0.1) is 0 Å². The SMILES string of the molecule is [N-]=[N+]=NC(COCC(O)CO)COCC(O)CO. The summed E-state index contributed by atoms with van der Waals surface area (Å²) in [5.41, 5.74) is 8.31. The third kappa shape index (κ3) is 9.14. The van der Waals surface area contributed by atoms with Gasteiger partial charge in [-0.05, 0) is 5.53 Å². The maximum atomic E-state index is 9.01. The first-order valence-electron chi connectivity index (χ1n) is 5.41. The predicted octanol–water partition coefficient (Wildman–Crippen LogP) is -1.60. The first-order valence-corrected chi connectivity index (χ1v) is 5.41. The van der Waals surface area contributed by atoms with Crippen LogP contribution >= 0.6 is 0 Å². The van der Waals surface area contributed by atoms with Gasteiger partial charge in [-0.15, -0.1) is 0 Å². The molecule has 0 bridgehead atoms. The van der Waals surface area contributed by atoms with Gasteiger partial charge in [-0.25, -0.2) is 0 Å². The van der Waals surface area contributed by atoms with E-state index in [2.05, 4.69) is 10.0 Å². The van der Waals surface area contributed by atoms with E-state index in [0.29, 0.717) is 0 Å². The first-order chi connectivity index (χ1) is 8.63. The fourth-order valence-electron chi connectivity index (χ4n) is 0.973. The second-order valence-electron chi connectivity index (χ2n) is 3.61. The third-order valence-electron chi connectivity index (χ3n) is 1.88. The van der Waals surface area contributed by atoms with E-state index in [9.17, 15) is 0 Å². The summed E-state index contributed by atoms with van der Waals surface area (Å²) < 4.78 is 10.0. The highest BCUT2D eigenvalue weighted by atomic mass is 16.5. The van der Waals surface area contributed by atoms with Crippen molar-refractivity contribution in [2.45, 2.75) is 18.2 Å². The molecule has 106 valence electrons. The smallest absolute Gasteiger partial charge is 0.100 e. The van der Waals surface area contributed by atoms with Crippen molar-refractivity contribution in [3.8, 4) is 0 Å². The summed E-state index contributed by atoms with van der Waals surface area (Å²) in [4.78, 5) is 2.61. The average Bonchev–Trinajstić information content (AvgIpc) is 2.38. The molecule has 9 heteroatoms. The van der Waals surface area contributed by atoms with E-state index in [1.165, 1.54) is 0 Å². The van der Waals surface area contributed by atoms with Crippen LogP contribution in [-0.2, 0) is 9.47 Å². The second kappa shape index (κ2) is 11.2. The molecule has 0 fully saturated rings. The molecule has 0 spiro atoms. The monoisotopic (exact) mass is 265 g/mol. The van der Waals surface area contributed by atoms with Crippen LogP contribution < -0.4 is 0 Å². The molecule has 0 aromatic rings. The van der Waals surface area contributed by atoms with Crippen LogP contribution in [0.25, 0.3) is 10.4 Å². The molecule has 0 radical (unpaired) electrons. The number of nitrogens with zero attached hydrogens (tertiary/aromatic N) is 3. The van der Waals surface area contributed by atoms with E-state index in [1.807, 2.05) is 0 Å². The van der Waals surface area contributed by atoms with Gasteiger partial charge >= 0.3 is 0 Å². The van der Waals surface area contributed by atoms with Crippen molar-refractivity contribution >= 4 is 0 Å². The Labute approximate surface area is 104 Å². The molecule has 0 aromatic heterocycles. The molecular weight excluding hydrogens is 246 g/mol. The molecule has 0 aliphatic carbocycles. The molecule has 0 heterocycles. The molecule has 0 saturated heterocycles. The fraction of sp³-hybridized carbons (Fsp3) is 1.00. The predicted molar refractivity (Wildman–Crippen MR) is 60.8 cm³/mol. The summed E-state index contributed by atoms with van der Waals surface area (Å²) in [7, 11) is 0. The molecule has 0 saturated carbocycles. The summed E-state index contributed by atoms with van der Waals surface area (Å²) in [6.45, 7) is -0.927. The molecule has 4 N–H and O–H groups in total. The van der Waals surface area contributed by atoms with E-state index in [1.54, 1.807) is 0 Å². The minimum Gasteiger partial charge on any atom is -0.394 e. The van der Waals surface area contributed by atoms with Gasteiger partial charge in [0.2, 0.25) is 0 Å². The zero-order chi connectivity index (χ0) is 13.8. The highest BCUT2D eigenvalue weighted by Gasteiger charge is 2.10. The zero-order valence-electron chi connectivity index (χ0n) is 9.92. The van der Waals surface area contributed by atoms with Crippen molar-refractivity contribution in [1.82, 2.24) is 0 Å². The van der Waals surface area contributed by atoms with Gasteiger partial charge in [-0.2, -0.15) is 0 Å². The molecule has 2 unspecified atom stereocenters. The molecule has 0 aliphatic heterocycles. The van der Waals surface area contributed by atoms with Crippen molar-refractivity contribution in [3.05, 3.63) is 10.4 Å². The number of aliphatic hydroxyl groups excluding tert-OH is 4. The van der Waals surface area contributed by atoms with Crippen LogP contribution in [0.3, 0.4) is 0 Å². The molecule has 0 amide bonds. The van der Waals surface area contributed by atoms with E-state index in [-0.39, 0.29) is 26.4 Å². The van der Waals surface area contributed by atoms with Crippen LogP contribution in [0.1, 0.15) is 0 Å². The first kappa shape index (κ1) is 17.1. The maximum absolute atomic E-state index is 9.01. The Morgan fingerprint density at radius 2 is 1.39 bits per heavy atom. The normalized spacial score (nSPS) is 15.8. The number of hydrogen-bond acceptors (Lipinski definition) is 7. The lowest BCUT2D eigenvalue weighted by molar-refractivity contribution is -0.0210. The number of aliphatic hydroxyl groups is 4. The lowest BCUT2D eigenvalue weighted by Gasteiger charge is -2.15. The van der Waals surface area contributed by atoms with Gasteiger partial charge in [-0.3, -0.25) is 0 Å². The van der Waals surface area contributed by atoms with Crippen LogP contribution in [0.4, 0.5) is 0 Å². The van der Waals surface area contributed by atoms with Crippen LogP contribution in [0.15, 0.2) is 5.11 Å². The van der Waals surface area contributed by atoms with Gasteiger partial charge in [0.25, 0.3) is 0 Å². The molecule has 2 atom stereocenters. The highest BCUT2D eigenvalue weighted by Crippen LogP contribution is 1.97. The lowest BCUT2D eigenvalue weighted by Crippen LogP contribution is -2.27. The van der Waals surface area contributed by atoms with E-state index >= 15 is 0 Å². The van der Waals surface area contributed by atoms with Gasteiger partial charge in [0.1, 0.15) is 12.2 Å². The topological polar surface area (TPSA) is 148 Å². The summed E-state index contributed by atoms with van der Waals surface area (Å²) in [6.07, 6.45) is -1.96. The molecule has 0 aliphatic rings. The van der Waals surface area contributed by atoms with Crippen LogP contribution in [-0.4, -0.2) is 78.3 Å². The maximum Gasteiger partial charge on any atom is 0.100 e. The second-order valence-corrected chi connectivity index (χ2v) is 3.61. The zero-order valence-corrected chi connectivity index (χ0v) is 9.92. The number of azide groups is 1. The molecule has 9 nitrogen and oxygen atoms in total. The van der Waals surface area contributed by atoms with E-state index in [0.717, 1.165) is 0 Å². The van der Waals surface area contributed by atoms with E-state index < -0.39 is 31.5 Å². The largest absolute Gasteiger partial charge is 0.394 e. The van der Waals surface area contributed by atoms with Crippen molar-refractivity contribution in [3.63, 3.8) is 0 Å². The summed E-state index contributed by atoms with van der Waals surface area (Å²) in [6, 6.07) is -0.605. The Kier molecular flexibility index (Phi) is 10.6. The Hall–Kier alpha value is -0.930. The van der Waals surface area contributed by atoms with Gasteiger partial charge in [0, 0.05) is 4.91 Å². The van der Waals surface area contributed by atoms with Crippen LogP contribution in [0.5, 0.6) is 0 Å². The number of hydrogen-bond donors (Lipinski definition) is 4. The molecular formula is C9H19N3O6. The standard InChI is InChI=1S/C9H19N3O6/c10-12-11-7(3-17-5-8(15)1-13)4-18-6-9(16)2-14/h7-9,13-16H,1-6H2. The van der Waals surface area contributed by atoms with Gasteiger partial charge in [0.15, 0.2) is 0 Å². The Balaban J connectivity index is 3.81. The Morgan fingerprint density at radius 3 is 1.72 bits per heavy atom. The number of ether oxygens (including phenoxy) is 2. The lowest BCUT2D eigenvalue weighted by atomic mass is 10.3. The van der Waals surface area contributed by atoms with E-state index in [4.69, 9.17) is 35.4 Å². The van der Waals surface area contributed by atoms with Crippen molar-refractivity contribution < 1.29 is 29.9 Å². The van der Waals surface area contributed by atoms with Crippen molar-refractivity contribution in [2.75, 3.05) is 39.6 Å². The van der Waals surface area contributed by atoms with Gasteiger partial charge < -0.3 is 29.9 Å². The fourth-order valence-corrected chi connectivity index (χ4v) is 0.973. The summed E-state index contributed by atoms with van der Waals surface area (Å²) in [5.74, 6) is 0. The van der Waals surface area contributed by atoms with Crippen LogP contribution in [0.2, 0.25) is 0 Å². The van der Waals surface area contributed by atoms with Gasteiger partial charge in [-0.1, -0.05) is 5.11 Å². The molecule has 0 rings (SSSR count).